The fraction of sp³-hybridized carbons (Fsp3) is 0.533. The topological polar surface area (TPSA) is 32.3 Å². The predicted octanol–water partition coefficient (Wildman–Crippen LogP) is 2.21. The number of nitrogens with one attached hydrogen (secondary N) is 1. The maximum atomic E-state index is 13.0. The number of amides is 1. The lowest BCUT2D eigenvalue weighted by atomic mass is 10.1. The highest BCUT2D eigenvalue weighted by Crippen LogP contribution is 2.04. The summed E-state index contributed by atoms with van der Waals surface area (Å²) in [6, 6.07) is 6.35. The number of likely N-dealkylation sites (N-methyl/N-ethyl adjacent to an activating group) is 1. The van der Waals surface area contributed by atoms with Gasteiger partial charge >= 0.3 is 0 Å². The van der Waals surface area contributed by atoms with Crippen molar-refractivity contribution in [3.05, 3.63) is 35.6 Å². The Kier molecular flexibility index (Phi) is 6.50. The number of hydrogen-bond acceptors (Lipinski definition) is 2. The molecular weight excluding hydrogens is 243 g/mol. The lowest BCUT2D eigenvalue weighted by Crippen LogP contribution is -2.45. The van der Waals surface area contributed by atoms with Crippen LogP contribution < -0.4 is 5.32 Å². The number of carbonyl (C=O) groups excluding carboxylic acids is 1. The highest BCUT2D eigenvalue weighted by molar-refractivity contribution is 5.81. The standard InChI is InChI=1S/C15H23FN2O/c1-4-18(5-2)15(19)12(3)17-10-9-13-7-6-8-14(16)11-13/h6-8,11-12,17H,4-5,9-10H2,1-3H3. The molecule has 3 nitrogen and oxygen atoms in total. The van der Waals surface area contributed by atoms with E-state index < -0.39 is 0 Å². The summed E-state index contributed by atoms with van der Waals surface area (Å²) < 4.78 is 13.0. The van der Waals surface area contributed by atoms with Crippen LogP contribution in [0, 0.1) is 5.82 Å². The van der Waals surface area contributed by atoms with Crippen LogP contribution >= 0.6 is 0 Å². The molecule has 4 heteroatoms. The van der Waals surface area contributed by atoms with Crippen molar-refractivity contribution < 1.29 is 9.18 Å². The molecule has 0 radical (unpaired) electrons. The van der Waals surface area contributed by atoms with Gasteiger partial charge in [0.2, 0.25) is 5.91 Å². The molecule has 106 valence electrons. The normalized spacial score (nSPS) is 12.2. The van der Waals surface area contributed by atoms with Crippen molar-refractivity contribution in [3.63, 3.8) is 0 Å². The summed E-state index contributed by atoms with van der Waals surface area (Å²) in [6.45, 7) is 7.93. The van der Waals surface area contributed by atoms with E-state index in [0.717, 1.165) is 18.7 Å². The van der Waals surface area contributed by atoms with Gasteiger partial charge in [-0.25, -0.2) is 4.39 Å². The maximum absolute atomic E-state index is 13.0. The molecule has 0 aliphatic rings. The maximum Gasteiger partial charge on any atom is 0.239 e. The molecule has 1 atom stereocenters. The van der Waals surface area contributed by atoms with Gasteiger partial charge in [0.05, 0.1) is 6.04 Å². The summed E-state index contributed by atoms with van der Waals surface area (Å²) in [5.41, 5.74) is 0.940. The SMILES string of the molecule is CCN(CC)C(=O)C(C)NCCc1cccc(F)c1. The summed E-state index contributed by atoms with van der Waals surface area (Å²) >= 11 is 0. The zero-order valence-electron chi connectivity index (χ0n) is 11.9. The molecular formula is C15H23FN2O. The summed E-state index contributed by atoms with van der Waals surface area (Å²) in [7, 11) is 0. The van der Waals surface area contributed by atoms with Crippen LogP contribution in [0.1, 0.15) is 26.3 Å². The monoisotopic (exact) mass is 266 g/mol. The zero-order chi connectivity index (χ0) is 14.3. The van der Waals surface area contributed by atoms with Crippen molar-refractivity contribution in [1.82, 2.24) is 10.2 Å². The van der Waals surface area contributed by atoms with E-state index in [9.17, 15) is 9.18 Å². The Balaban J connectivity index is 2.38. The van der Waals surface area contributed by atoms with Crippen LogP contribution in [0.2, 0.25) is 0 Å². The van der Waals surface area contributed by atoms with Crippen LogP contribution in [0.5, 0.6) is 0 Å². The van der Waals surface area contributed by atoms with Crippen molar-refractivity contribution >= 4 is 5.91 Å². The van der Waals surface area contributed by atoms with Crippen molar-refractivity contribution in [3.8, 4) is 0 Å². The second-order valence-corrected chi connectivity index (χ2v) is 4.57. The molecule has 0 heterocycles. The molecule has 1 aromatic rings. The fourth-order valence-corrected chi connectivity index (χ4v) is 2.02. The van der Waals surface area contributed by atoms with Crippen LogP contribution in [0.4, 0.5) is 4.39 Å². The average molecular weight is 266 g/mol. The first-order valence-electron chi connectivity index (χ1n) is 6.85. The molecule has 0 aliphatic carbocycles. The number of hydrogen-bond donors (Lipinski definition) is 1. The minimum Gasteiger partial charge on any atom is -0.342 e. The van der Waals surface area contributed by atoms with Crippen molar-refractivity contribution in [2.24, 2.45) is 0 Å². The van der Waals surface area contributed by atoms with Crippen molar-refractivity contribution in [2.45, 2.75) is 33.2 Å². The Morgan fingerprint density at radius 2 is 2.05 bits per heavy atom. The molecule has 0 saturated carbocycles. The van der Waals surface area contributed by atoms with Gasteiger partial charge in [-0.2, -0.15) is 0 Å². The fourth-order valence-electron chi connectivity index (χ4n) is 2.02. The van der Waals surface area contributed by atoms with Crippen LogP contribution in [-0.4, -0.2) is 36.5 Å². The Morgan fingerprint density at radius 3 is 2.63 bits per heavy atom. The Labute approximate surface area is 114 Å². The number of halogens is 1. The van der Waals surface area contributed by atoms with E-state index >= 15 is 0 Å². The number of carbonyl (C=O) groups is 1. The Bertz CT molecular complexity index is 405. The van der Waals surface area contributed by atoms with Gasteiger partial charge in [-0.3, -0.25) is 4.79 Å². The molecule has 0 spiro atoms. The summed E-state index contributed by atoms with van der Waals surface area (Å²) in [6.07, 6.45) is 0.716. The molecule has 0 aliphatic heterocycles. The first-order chi connectivity index (χ1) is 9.08. The zero-order valence-corrected chi connectivity index (χ0v) is 11.9. The largest absolute Gasteiger partial charge is 0.342 e. The molecule has 0 bridgehead atoms. The third-order valence-corrected chi connectivity index (χ3v) is 3.20. The lowest BCUT2D eigenvalue weighted by molar-refractivity contribution is -0.132. The van der Waals surface area contributed by atoms with E-state index in [0.29, 0.717) is 13.0 Å². The smallest absolute Gasteiger partial charge is 0.239 e. The molecule has 0 saturated heterocycles. The number of nitrogens with zero attached hydrogens (tertiary/aromatic N) is 1. The van der Waals surface area contributed by atoms with Gasteiger partial charge < -0.3 is 10.2 Å². The van der Waals surface area contributed by atoms with Crippen LogP contribution in [0.3, 0.4) is 0 Å². The van der Waals surface area contributed by atoms with Crippen molar-refractivity contribution in [2.75, 3.05) is 19.6 Å². The first kappa shape index (κ1) is 15.6. The quantitative estimate of drug-likeness (QED) is 0.820. The highest BCUT2D eigenvalue weighted by Gasteiger charge is 2.16. The van der Waals surface area contributed by atoms with E-state index in [2.05, 4.69) is 5.32 Å². The molecule has 1 unspecified atom stereocenters. The van der Waals surface area contributed by atoms with Gasteiger partial charge in [0.25, 0.3) is 0 Å². The number of rotatable bonds is 7. The van der Waals surface area contributed by atoms with Crippen LogP contribution in [-0.2, 0) is 11.2 Å². The molecule has 1 aromatic carbocycles. The third kappa shape index (κ3) is 4.99. The van der Waals surface area contributed by atoms with Crippen LogP contribution in [0.25, 0.3) is 0 Å². The molecule has 19 heavy (non-hydrogen) atoms. The van der Waals surface area contributed by atoms with Gasteiger partial charge in [0.15, 0.2) is 0 Å². The van der Waals surface area contributed by atoms with E-state index in [1.165, 1.54) is 12.1 Å². The third-order valence-electron chi connectivity index (χ3n) is 3.20. The van der Waals surface area contributed by atoms with E-state index in [-0.39, 0.29) is 17.8 Å². The van der Waals surface area contributed by atoms with Gasteiger partial charge in [-0.15, -0.1) is 0 Å². The summed E-state index contributed by atoms with van der Waals surface area (Å²) in [4.78, 5) is 13.8. The summed E-state index contributed by atoms with van der Waals surface area (Å²) in [5.74, 6) is -0.103. The van der Waals surface area contributed by atoms with E-state index in [4.69, 9.17) is 0 Å². The molecule has 0 fully saturated rings. The van der Waals surface area contributed by atoms with Crippen molar-refractivity contribution in [1.29, 1.82) is 0 Å². The molecule has 0 aromatic heterocycles. The lowest BCUT2D eigenvalue weighted by Gasteiger charge is -2.23. The van der Waals surface area contributed by atoms with Gasteiger partial charge in [-0.1, -0.05) is 12.1 Å². The van der Waals surface area contributed by atoms with E-state index in [1.54, 1.807) is 11.0 Å². The minimum absolute atomic E-state index is 0.115. The van der Waals surface area contributed by atoms with Gasteiger partial charge in [0.1, 0.15) is 5.82 Å². The van der Waals surface area contributed by atoms with E-state index in [1.807, 2.05) is 26.8 Å². The molecule has 1 amide bonds. The second-order valence-electron chi connectivity index (χ2n) is 4.57. The Hall–Kier alpha value is -1.42. The minimum atomic E-state index is -0.218. The van der Waals surface area contributed by atoms with Crippen LogP contribution in [0.15, 0.2) is 24.3 Å². The second kappa shape index (κ2) is 7.89. The Morgan fingerprint density at radius 1 is 1.37 bits per heavy atom. The van der Waals surface area contributed by atoms with Gasteiger partial charge in [-0.05, 0) is 51.4 Å². The number of benzene rings is 1. The molecule has 1 N–H and O–H groups in total. The van der Waals surface area contributed by atoms with Gasteiger partial charge in [0, 0.05) is 13.1 Å². The predicted molar refractivity (Wildman–Crippen MR) is 75.5 cm³/mol. The average Bonchev–Trinajstić information content (AvgIpc) is 2.40. The highest BCUT2D eigenvalue weighted by atomic mass is 19.1. The molecule has 1 rings (SSSR count). The summed E-state index contributed by atoms with van der Waals surface area (Å²) in [5, 5.41) is 3.19. The first-order valence-corrected chi connectivity index (χ1v) is 6.85.